The summed E-state index contributed by atoms with van der Waals surface area (Å²) in [6, 6.07) is 11.7. The number of benzene rings is 2. The number of halogens is 1. The normalized spacial score (nSPS) is 10.3. The van der Waals surface area contributed by atoms with Gasteiger partial charge in [-0.15, -0.1) is 0 Å². The number of hydrogen-bond donors (Lipinski definition) is 1. The van der Waals surface area contributed by atoms with Crippen molar-refractivity contribution >= 4 is 11.6 Å². The summed E-state index contributed by atoms with van der Waals surface area (Å²) in [5.74, 6) is -0.533. The maximum absolute atomic E-state index is 13.6. The largest absolute Gasteiger partial charge is 0.398 e. The van der Waals surface area contributed by atoms with E-state index in [9.17, 15) is 9.18 Å². The molecule has 1 amide bonds. The summed E-state index contributed by atoms with van der Waals surface area (Å²) in [4.78, 5) is 13.8. The zero-order valence-electron chi connectivity index (χ0n) is 11.6. The third-order valence-corrected chi connectivity index (χ3v) is 3.15. The minimum absolute atomic E-state index is 0.207. The Kier molecular flexibility index (Phi) is 4.03. The van der Waals surface area contributed by atoms with Crippen molar-refractivity contribution in [3.05, 3.63) is 65.0 Å². The van der Waals surface area contributed by atoms with Gasteiger partial charge in [-0.2, -0.15) is 0 Å². The van der Waals surface area contributed by atoms with Gasteiger partial charge >= 0.3 is 0 Å². The molecule has 4 heteroatoms. The Labute approximate surface area is 117 Å². The van der Waals surface area contributed by atoms with Crippen LogP contribution in [0.5, 0.6) is 0 Å². The second-order valence-corrected chi connectivity index (χ2v) is 4.84. The molecule has 0 fully saturated rings. The average molecular weight is 272 g/mol. The fourth-order valence-corrected chi connectivity index (χ4v) is 2.04. The number of rotatable bonds is 3. The Morgan fingerprint density at radius 1 is 1.25 bits per heavy atom. The lowest BCUT2D eigenvalue weighted by atomic mass is 10.1. The molecule has 104 valence electrons. The quantitative estimate of drug-likeness (QED) is 0.873. The molecule has 2 aromatic rings. The van der Waals surface area contributed by atoms with Crippen LogP contribution in [0.25, 0.3) is 0 Å². The number of anilines is 1. The highest BCUT2D eigenvalue weighted by Crippen LogP contribution is 2.17. The number of hydrogen-bond acceptors (Lipinski definition) is 2. The molecule has 0 radical (unpaired) electrons. The van der Waals surface area contributed by atoms with Gasteiger partial charge in [0.2, 0.25) is 0 Å². The SMILES string of the molecule is Cc1ccc(C(=O)N(C)Cc2ccccc2F)c(N)c1. The summed E-state index contributed by atoms with van der Waals surface area (Å²) >= 11 is 0. The standard InChI is InChI=1S/C16H17FN2O/c1-11-7-8-13(15(18)9-11)16(20)19(2)10-12-5-3-4-6-14(12)17/h3-9H,10,18H2,1-2H3. The molecule has 0 aliphatic heterocycles. The van der Waals surface area contributed by atoms with E-state index in [0.29, 0.717) is 16.8 Å². The first-order valence-corrected chi connectivity index (χ1v) is 6.34. The second-order valence-electron chi connectivity index (χ2n) is 4.84. The van der Waals surface area contributed by atoms with Crippen LogP contribution in [0.15, 0.2) is 42.5 Å². The minimum atomic E-state index is -0.316. The Bertz CT molecular complexity index is 640. The molecule has 20 heavy (non-hydrogen) atoms. The third kappa shape index (κ3) is 2.96. The van der Waals surface area contributed by atoms with Gasteiger partial charge in [0.1, 0.15) is 5.82 Å². The number of carbonyl (C=O) groups excluding carboxylic acids is 1. The van der Waals surface area contributed by atoms with E-state index >= 15 is 0 Å². The lowest BCUT2D eigenvalue weighted by Gasteiger charge is -2.18. The predicted octanol–water partition coefficient (Wildman–Crippen LogP) is 2.99. The van der Waals surface area contributed by atoms with Gasteiger partial charge in [-0.1, -0.05) is 24.3 Å². The highest BCUT2D eigenvalue weighted by atomic mass is 19.1. The maximum Gasteiger partial charge on any atom is 0.255 e. The first kappa shape index (κ1) is 14.1. The van der Waals surface area contributed by atoms with Gasteiger partial charge in [-0.05, 0) is 30.7 Å². The van der Waals surface area contributed by atoms with E-state index in [4.69, 9.17) is 5.73 Å². The van der Waals surface area contributed by atoms with Gasteiger partial charge in [-0.25, -0.2) is 4.39 Å². The molecule has 0 aliphatic carbocycles. The molecule has 0 saturated carbocycles. The van der Waals surface area contributed by atoms with Crippen LogP contribution in [-0.4, -0.2) is 17.9 Å². The first-order valence-electron chi connectivity index (χ1n) is 6.34. The zero-order valence-corrected chi connectivity index (χ0v) is 11.6. The van der Waals surface area contributed by atoms with Crippen LogP contribution >= 0.6 is 0 Å². The maximum atomic E-state index is 13.6. The van der Waals surface area contributed by atoms with Crippen molar-refractivity contribution in [2.75, 3.05) is 12.8 Å². The van der Waals surface area contributed by atoms with Crippen LogP contribution in [0, 0.1) is 12.7 Å². The van der Waals surface area contributed by atoms with Gasteiger partial charge < -0.3 is 10.6 Å². The molecule has 0 heterocycles. The summed E-state index contributed by atoms with van der Waals surface area (Å²) < 4.78 is 13.6. The lowest BCUT2D eigenvalue weighted by Crippen LogP contribution is -2.27. The average Bonchev–Trinajstić information content (AvgIpc) is 2.40. The smallest absolute Gasteiger partial charge is 0.255 e. The third-order valence-electron chi connectivity index (χ3n) is 3.15. The van der Waals surface area contributed by atoms with Crippen molar-refractivity contribution in [3.8, 4) is 0 Å². The molecular formula is C16H17FN2O. The van der Waals surface area contributed by atoms with E-state index in [-0.39, 0.29) is 18.3 Å². The highest BCUT2D eigenvalue weighted by molar-refractivity contribution is 5.99. The van der Waals surface area contributed by atoms with Crippen molar-refractivity contribution in [1.82, 2.24) is 4.90 Å². The van der Waals surface area contributed by atoms with Crippen LogP contribution in [-0.2, 0) is 6.54 Å². The fraction of sp³-hybridized carbons (Fsp3) is 0.188. The summed E-state index contributed by atoms with van der Waals surface area (Å²) in [6.07, 6.45) is 0. The highest BCUT2D eigenvalue weighted by Gasteiger charge is 2.16. The fourth-order valence-electron chi connectivity index (χ4n) is 2.04. The molecule has 0 saturated heterocycles. The van der Waals surface area contributed by atoms with E-state index in [2.05, 4.69) is 0 Å². The number of carbonyl (C=O) groups is 1. The minimum Gasteiger partial charge on any atom is -0.398 e. The number of nitrogen functional groups attached to an aromatic ring is 1. The Hall–Kier alpha value is -2.36. The summed E-state index contributed by atoms with van der Waals surface area (Å²) in [5.41, 5.74) is 8.22. The van der Waals surface area contributed by atoms with Gasteiger partial charge in [0.25, 0.3) is 5.91 Å². The predicted molar refractivity (Wildman–Crippen MR) is 77.8 cm³/mol. The van der Waals surface area contributed by atoms with E-state index in [0.717, 1.165) is 5.56 Å². The molecule has 0 spiro atoms. The zero-order chi connectivity index (χ0) is 14.7. The monoisotopic (exact) mass is 272 g/mol. The van der Waals surface area contributed by atoms with Crippen LogP contribution in [0.3, 0.4) is 0 Å². The van der Waals surface area contributed by atoms with E-state index in [1.54, 1.807) is 37.4 Å². The molecule has 2 rings (SSSR count). The molecule has 0 bridgehead atoms. The van der Waals surface area contributed by atoms with Gasteiger partial charge in [-0.3, -0.25) is 4.79 Å². The Balaban J connectivity index is 2.19. The van der Waals surface area contributed by atoms with E-state index in [1.807, 2.05) is 13.0 Å². The van der Waals surface area contributed by atoms with Crippen molar-refractivity contribution in [2.24, 2.45) is 0 Å². The molecule has 0 atom stereocenters. The van der Waals surface area contributed by atoms with Gasteiger partial charge in [0.15, 0.2) is 0 Å². The van der Waals surface area contributed by atoms with Crippen LogP contribution < -0.4 is 5.73 Å². The number of nitrogens with zero attached hydrogens (tertiary/aromatic N) is 1. The Morgan fingerprint density at radius 3 is 2.60 bits per heavy atom. The van der Waals surface area contributed by atoms with Crippen molar-refractivity contribution in [2.45, 2.75) is 13.5 Å². The summed E-state index contributed by atoms with van der Waals surface area (Å²) in [6.45, 7) is 2.12. The summed E-state index contributed by atoms with van der Waals surface area (Å²) in [5, 5.41) is 0. The number of amides is 1. The molecule has 0 unspecified atom stereocenters. The Morgan fingerprint density at radius 2 is 1.95 bits per heavy atom. The van der Waals surface area contributed by atoms with Crippen molar-refractivity contribution in [3.63, 3.8) is 0 Å². The van der Waals surface area contributed by atoms with Crippen LogP contribution in [0.2, 0.25) is 0 Å². The van der Waals surface area contributed by atoms with Crippen molar-refractivity contribution < 1.29 is 9.18 Å². The van der Waals surface area contributed by atoms with Crippen molar-refractivity contribution in [1.29, 1.82) is 0 Å². The van der Waals surface area contributed by atoms with Crippen LogP contribution in [0.1, 0.15) is 21.5 Å². The first-order chi connectivity index (χ1) is 9.49. The molecule has 2 aromatic carbocycles. The van der Waals surface area contributed by atoms with Crippen LogP contribution in [0.4, 0.5) is 10.1 Å². The molecule has 2 N–H and O–H groups in total. The van der Waals surface area contributed by atoms with E-state index < -0.39 is 0 Å². The molecular weight excluding hydrogens is 255 g/mol. The van der Waals surface area contributed by atoms with Gasteiger partial charge in [0.05, 0.1) is 5.56 Å². The molecule has 0 aromatic heterocycles. The number of nitrogens with two attached hydrogens (primary N) is 1. The topological polar surface area (TPSA) is 46.3 Å². The van der Waals surface area contributed by atoms with Gasteiger partial charge in [0, 0.05) is 24.8 Å². The molecule has 0 aliphatic rings. The molecule has 3 nitrogen and oxygen atoms in total. The number of aryl methyl sites for hydroxylation is 1. The second kappa shape index (κ2) is 5.74. The summed E-state index contributed by atoms with van der Waals surface area (Å²) in [7, 11) is 1.63. The lowest BCUT2D eigenvalue weighted by molar-refractivity contribution is 0.0785. The van der Waals surface area contributed by atoms with E-state index in [1.165, 1.54) is 11.0 Å².